The van der Waals surface area contributed by atoms with E-state index in [2.05, 4.69) is 34.3 Å². The third kappa shape index (κ3) is 2.84. The van der Waals surface area contributed by atoms with E-state index in [0.717, 1.165) is 35.5 Å². The van der Waals surface area contributed by atoms with Crippen LogP contribution in [0.3, 0.4) is 0 Å². The zero-order valence-electron chi connectivity index (χ0n) is 18.2. The van der Waals surface area contributed by atoms with Crippen LogP contribution in [0.25, 0.3) is 0 Å². The topological polar surface area (TPSA) is 0 Å². The molecule has 0 aromatic carbocycles. The first kappa shape index (κ1) is 19.1. The lowest BCUT2D eigenvalue weighted by Gasteiger charge is -2.64. The average Bonchev–Trinajstić information content (AvgIpc) is 2.60. The van der Waals surface area contributed by atoms with Gasteiger partial charge in [-0.25, -0.2) is 0 Å². The Morgan fingerprint density at radius 3 is 2.38 bits per heavy atom. The standard InChI is InChI=1S/C26H44/c1-6-8-19-13-15-25(4)20(17-19)11-12-21-23-10-7-9-22(18(2)3)26(23,5)16-14-24(21)25/h19-24H,2,6-17H2,1,3-5H3/t19-,20?,21?,22?,23?,24?,25?,26?/m0/s1. The molecule has 148 valence electrons. The Kier molecular flexibility index (Phi) is 5.11. The molecular weight excluding hydrogens is 312 g/mol. The van der Waals surface area contributed by atoms with Gasteiger partial charge in [-0.05, 0) is 111 Å². The van der Waals surface area contributed by atoms with E-state index < -0.39 is 0 Å². The largest absolute Gasteiger partial charge is 0.0998 e. The summed E-state index contributed by atoms with van der Waals surface area (Å²) in [6.45, 7) is 14.5. The summed E-state index contributed by atoms with van der Waals surface area (Å²) in [5.41, 5.74) is 2.72. The van der Waals surface area contributed by atoms with Crippen molar-refractivity contribution in [1.29, 1.82) is 0 Å². The highest BCUT2D eigenvalue weighted by Crippen LogP contribution is 2.67. The van der Waals surface area contributed by atoms with E-state index in [4.69, 9.17) is 0 Å². The summed E-state index contributed by atoms with van der Waals surface area (Å²) in [7, 11) is 0. The van der Waals surface area contributed by atoms with E-state index in [9.17, 15) is 0 Å². The van der Waals surface area contributed by atoms with Crippen LogP contribution in [0.4, 0.5) is 0 Å². The van der Waals surface area contributed by atoms with Crippen molar-refractivity contribution in [3.05, 3.63) is 12.2 Å². The van der Waals surface area contributed by atoms with E-state index in [0.29, 0.717) is 10.8 Å². The lowest BCUT2D eigenvalue weighted by Crippen LogP contribution is -2.56. The average molecular weight is 357 g/mol. The van der Waals surface area contributed by atoms with E-state index in [1.807, 2.05) is 0 Å². The minimum Gasteiger partial charge on any atom is -0.0998 e. The van der Waals surface area contributed by atoms with Crippen LogP contribution in [-0.2, 0) is 0 Å². The molecule has 4 fully saturated rings. The van der Waals surface area contributed by atoms with Gasteiger partial charge in [-0.3, -0.25) is 0 Å². The molecular formula is C26H44. The maximum Gasteiger partial charge on any atom is -0.0152 e. The molecule has 0 N–H and O–H groups in total. The van der Waals surface area contributed by atoms with Crippen LogP contribution in [0.5, 0.6) is 0 Å². The second-order valence-electron chi connectivity index (χ2n) is 11.5. The second-order valence-corrected chi connectivity index (χ2v) is 11.5. The Bertz CT molecular complexity index is 532. The normalized spacial score (nSPS) is 51.1. The first-order valence-electron chi connectivity index (χ1n) is 12.1. The van der Waals surface area contributed by atoms with Crippen LogP contribution in [0.2, 0.25) is 0 Å². The Morgan fingerprint density at radius 2 is 1.65 bits per heavy atom. The van der Waals surface area contributed by atoms with Crippen LogP contribution in [0.15, 0.2) is 12.2 Å². The van der Waals surface area contributed by atoms with Crippen molar-refractivity contribution in [3.8, 4) is 0 Å². The molecule has 4 rings (SSSR count). The second kappa shape index (κ2) is 6.97. The highest BCUT2D eigenvalue weighted by atomic mass is 14.6. The van der Waals surface area contributed by atoms with Gasteiger partial charge in [0.15, 0.2) is 0 Å². The predicted octanol–water partition coefficient (Wildman–Crippen LogP) is 8.03. The molecule has 0 aliphatic heterocycles. The van der Waals surface area contributed by atoms with Crippen molar-refractivity contribution in [1.82, 2.24) is 0 Å². The van der Waals surface area contributed by atoms with Gasteiger partial charge in [0, 0.05) is 0 Å². The van der Waals surface area contributed by atoms with Gasteiger partial charge in [0.05, 0.1) is 0 Å². The van der Waals surface area contributed by atoms with Crippen molar-refractivity contribution in [2.75, 3.05) is 0 Å². The molecule has 0 radical (unpaired) electrons. The van der Waals surface area contributed by atoms with Crippen molar-refractivity contribution in [3.63, 3.8) is 0 Å². The van der Waals surface area contributed by atoms with Crippen molar-refractivity contribution in [2.45, 2.75) is 105 Å². The molecule has 7 unspecified atom stereocenters. The Morgan fingerprint density at radius 1 is 0.923 bits per heavy atom. The summed E-state index contributed by atoms with van der Waals surface area (Å²) < 4.78 is 0. The molecule has 4 saturated carbocycles. The minimum absolute atomic E-state index is 0.563. The summed E-state index contributed by atoms with van der Waals surface area (Å²) in [6.07, 6.45) is 18.0. The Labute approximate surface area is 163 Å². The summed E-state index contributed by atoms with van der Waals surface area (Å²) in [6, 6.07) is 0. The minimum atomic E-state index is 0.563. The van der Waals surface area contributed by atoms with Crippen LogP contribution < -0.4 is 0 Å². The molecule has 0 aromatic rings. The molecule has 0 spiro atoms. The zero-order valence-corrected chi connectivity index (χ0v) is 18.2. The number of rotatable bonds is 3. The summed E-state index contributed by atoms with van der Waals surface area (Å²) in [5, 5.41) is 0. The summed E-state index contributed by atoms with van der Waals surface area (Å²) >= 11 is 0. The van der Waals surface area contributed by atoms with Gasteiger partial charge in [0.25, 0.3) is 0 Å². The highest BCUT2D eigenvalue weighted by Gasteiger charge is 2.58. The fourth-order valence-electron chi connectivity index (χ4n) is 9.02. The van der Waals surface area contributed by atoms with Gasteiger partial charge in [0.1, 0.15) is 0 Å². The number of fused-ring (bicyclic) bond motifs is 5. The molecule has 4 aliphatic rings. The molecule has 8 atom stereocenters. The maximum atomic E-state index is 4.42. The third-order valence-corrected chi connectivity index (χ3v) is 10.3. The van der Waals surface area contributed by atoms with Crippen LogP contribution in [-0.4, -0.2) is 0 Å². The summed E-state index contributed by atoms with van der Waals surface area (Å²) in [5.74, 6) is 5.94. The first-order valence-corrected chi connectivity index (χ1v) is 12.1. The molecule has 0 nitrogen and oxygen atoms in total. The van der Waals surface area contributed by atoms with E-state index in [1.165, 1.54) is 63.4 Å². The molecule has 0 aromatic heterocycles. The van der Waals surface area contributed by atoms with E-state index >= 15 is 0 Å². The fraction of sp³-hybridized carbons (Fsp3) is 0.923. The lowest BCUT2D eigenvalue weighted by atomic mass is 9.41. The number of hydrogen-bond acceptors (Lipinski definition) is 0. The maximum absolute atomic E-state index is 4.42. The van der Waals surface area contributed by atoms with Crippen LogP contribution in [0, 0.1) is 46.3 Å². The van der Waals surface area contributed by atoms with Crippen molar-refractivity contribution < 1.29 is 0 Å². The zero-order chi connectivity index (χ0) is 18.5. The SMILES string of the molecule is C=C(C)C1CCCC2C3CCC4C[C@@H](CCC)CCC4(C)C3CCC12C. The molecule has 0 heterocycles. The summed E-state index contributed by atoms with van der Waals surface area (Å²) in [4.78, 5) is 0. The predicted molar refractivity (Wildman–Crippen MR) is 113 cm³/mol. The van der Waals surface area contributed by atoms with E-state index in [1.54, 1.807) is 19.3 Å². The molecule has 0 saturated heterocycles. The number of hydrogen-bond donors (Lipinski definition) is 0. The van der Waals surface area contributed by atoms with Gasteiger partial charge < -0.3 is 0 Å². The van der Waals surface area contributed by atoms with Crippen molar-refractivity contribution >= 4 is 0 Å². The Balaban J connectivity index is 1.56. The van der Waals surface area contributed by atoms with Crippen LogP contribution >= 0.6 is 0 Å². The van der Waals surface area contributed by atoms with Gasteiger partial charge in [-0.15, -0.1) is 0 Å². The van der Waals surface area contributed by atoms with Gasteiger partial charge in [0.2, 0.25) is 0 Å². The molecule has 4 aliphatic carbocycles. The van der Waals surface area contributed by atoms with Gasteiger partial charge in [-0.2, -0.15) is 0 Å². The monoisotopic (exact) mass is 356 g/mol. The number of allylic oxidation sites excluding steroid dienone is 1. The van der Waals surface area contributed by atoms with E-state index in [-0.39, 0.29) is 0 Å². The quantitative estimate of drug-likeness (QED) is 0.449. The van der Waals surface area contributed by atoms with Gasteiger partial charge >= 0.3 is 0 Å². The lowest BCUT2D eigenvalue weighted by molar-refractivity contribution is -0.141. The smallest absolute Gasteiger partial charge is 0.0152 e. The van der Waals surface area contributed by atoms with Crippen molar-refractivity contribution in [2.24, 2.45) is 46.3 Å². The fourth-order valence-corrected chi connectivity index (χ4v) is 9.02. The molecule has 0 heteroatoms. The molecule has 0 bridgehead atoms. The third-order valence-electron chi connectivity index (χ3n) is 10.3. The van der Waals surface area contributed by atoms with Gasteiger partial charge in [-0.1, -0.05) is 52.2 Å². The highest BCUT2D eigenvalue weighted by molar-refractivity contribution is 5.13. The first-order chi connectivity index (χ1) is 12.4. The Hall–Kier alpha value is -0.260. The molecule has 26 heavy (non-hydrogen) atoms. The molecule has 0 amide bonds. The van der Waals surface area contributed by atoms with Crippen LogP contribution in [0.1, 0.15) is 105 Å².